The number of hydrogen-bond donors (Lipinski definition) is 0. The lowest BCUT2D eigenvalue weighted by molar-refractivity contribution is -0.384. The van der Waals surface area contributed by atoms with Crippen molar-refractivity contribution in [3.05, 3.63) is 63.0 Å². The van der Waals surface area contributed by atoms with Gasteiger partial charge in [-0.25, -0.2) is 0 Å². The summed E-state index contributed by atoms with van der Waals surface area (Å²) in [5, 5.41) is 10.9. The van der Waals surface area contributed by atoms with Gasteiger partial charge >= 0.3 is 5.97 Å². The fourth-order valence-electron chi connectivity index (χ4n) is 6.99. The summed E-state index contributed by atoms with van der Waals surface area (Å²) in [5.41, 5.74) is 0.724. The average molecular weight is 551 g/mol. The highest BCUT2D eigenvalue weighted by molar-refractivity contribution is 8.27. The van der Waals surface area contributed by atoms with Crippen LogP contribution in [0, 0.1) is 33.3 Å². The van der Waals surface area contributed by atoms with Crippen molar-refractivity contribution in [3.63, 3.8) is 0 Å². The van der Waals surface area contributed by atoms with Crippen molar-refractivity contribution < 1.29 is 24.0 Å². The summed E-state index contributed by atoms with van der Waals surface area (Å²) in [6, 6.07) is 10.9. The van der Waals surface area contributed by atoms with Crippen LogP contribution in [-0.4, -0.2) is 28.2 Å². The molecule has 10 heteroatoms. The lowest BCUT2D eigenvalue weighted by Gasteiger charge is -2.55. The Morgan fingerprint density at radius 2 is 1.71 bits per heavy atom. The Morgan fingerprint density at radius 1 is 1.08 bits per heavy atom. The number of carbonyl (C=O) groups is 2. The first-order chi connectivity index (χ1) is 18.2. The van der Waals surface area contributed by atoms with Gasteiger partial charge < -0.3 is 9.47 Å². The van der Waals surface area contributed by atoms with Crippen LogP contribution < -0.4 is 14.4 Å². The summed E-state index contributed by atoms with van der Waals surface area (Å²) in [4.78, 5) is 38.8. The molecular weight excluding hydrogens is 524 g/mol. The molecule has 4 aliphatic carbocycles. The highest BCUT2D eigenvalue weighted by atomic mass is 32.2. The second kappa shape index (κ2) is 9.50. The van der Waals surface area contributed by atoms with Crippen LogP contribution in [-0.2, 0) is 9.59 Å². The minimum Gasteiger partial charge on any atom is -0.493 e. The number of anilines is 1. The maximum atomic E-state index is 13.4. The molecule has 1 saturated heterocycles. The molecule has 0 unspecified atom stereocenters. The quantitative estimate of drug-likeness (QED) is 0.106. The highest BCUT2D eigenvalue weighted by Gasteiger charge is 2.55. The Bertz CT molecular complexity index is 1350. The summed E-state index contributed by atoms with van der Waals surface area (Å²) >= 11 is 6.56. The first-order valence-electron chi connectivity index (χ1n) is 12.7. The number of non-ortho nitro benzene ring substituents is 1. The minimum absolute atomic E-state index is 0.0641. The van der Waals surface area contributed by atoms with Gasteiger partial charge in [-0.3, -0.25) is 24.6 Å². The first-order valence-corrected chi connectivity index (χ1v) is 13.9. The number of amides is 1. The predicted octanol–water partition coefficient (Wildman–Crippen LogP) is 6.13. The van der Waals surface area contributed by atoms with E-state index in [1.165, 1.54) is 55.5 Å². The Balaban J connectivity index is 1.20. The van der Waals surface area contributed by atoms with Gasteiger partial charge in [-0.1, -0.05) is 30.0 Å². The second-order valence-corrected chi connectivity index (χ2v) is 12.5. The zero-order valence-electron chi connectivity index (χ0n) is 20.8. The topological polar surface area (TPSA) is 99.0 Å². The number of carbonyl (C=O) groups excluding carboxylic acids is 2. The highest BCUT2D eigenvalue weighted by Crippen LogP contribution is 2.60. The number of methoxy groups -OCH3 is 1. The van der Waals surface area contributed by atoms with Gasteiger partial charge in [0, 0.05) is 12.1 Å². The third-order valence-corrected chi connectivity index (χ3v) is 9.57. The van der Waals surface area contributed by atoms with Crippen LogP contribution in [0.4, 0.5) is 11.4 Å². The van der Waals surface area contributed by atoms with E-state index in [9.17, 15) is 19.7 Å². The molecule has 0 spiro atoms. The zero-order valence-corrected chi connectivity index (χ0v) is 22.4. The van der Waals surface area contributed by atoms with E-state index in [1.54, 1.807) is 24.3 Å². The van der Waals surface area contributed by atoms with Gasteiger partial charge in [0.15, 0.2) is 15.8 Å². The Labute approximate surface area is 229 Å². The van der Waals surface area contributed by atoms with Crippen LogP contribution in [0.5, 0.6) is 11.5 Å². The zero-order chi connectivity index (χ0) is 26.6. The number of nitro benzene ring substituents is 1. The lowest BCUT2D eigenvalue weighted by Crippen LogP contribution is -2.51. The molecule has 7 rings (SSSR count). The number of thiocarbonyl (C=S) groups is 1. The molecule has 4 saturated carbocycles. The molecule has 5 fully saturated rings. The van der Waals surface area contributed by atoms with E-state index >= 15 is 0 Å². The smallest absolute Gasteiger partial charge is 0.317 e. The number of nitro groups is 1. The third-order valence-electron chi connectivity index (χ3n) is 8.27. The van der Waals surface area contributed by atoms with Crippen LogP contribution >= 0.6 is 24.0 Å². The van der Waals surface area contributed by atoms with E-state index in [0.717, 1.165) is 31.0 Å². The number of nitrogens with zero attached hydrogens (tertiary/aromatic N) is 2. The van der Waals surface area contributed by atoms with Crippen molar-refractivity contribution in [1.29, 1.82) is 0 Å². The normalized spacial score (nSPS) is 28.7. The van der Waals surface area contributed by atoms with Crippen LogP contribution in [0.15, 0.2) is 47.4 Å². The molecule has 0 aromatic heterocycles. The molecule has 196 valence electrons. The summed E-state index contributed by atoms with van der Waals surface area (Å²) in [6.45, 7) is 0. The monoisotopic (exact) mass is 550 g/mol. The summed E-state index contributed by atoms with van der Waals surface area (Å²) in [5.74, 6) is 2.26. The van der Waals surface area contributed by atoms with E-state index in [0.29, 0.717) is 49.7 Å². The van der Waals surface area contributed by atoms with Crippen molar-refractivity contribution in [3.8, 4) is 11.5 Å². The van der Waals surface area contributed by atoms with Gasteiger partial charge in [0.05, 0.1) is 28.0 Å². The molecule has 2 aromatic rings. The summed E-state index contributed by atoms with van der Waals surface area (Å²) in [7, 11) is 1.52. The van der Waals surface area contributed by atoms with E-state index in [2.05, 4.69) is 0 Å². The van der Waals surface area contributed by atoms with Crippen molar-refractivity contribution in [2.45, 2.75) is 38.5 Å². The molecule has 2 aromatic carbocycles. The first kappa shape index (κ1) is 25.1. The molecular formula is C28H26N2O6S2. The largest absolute Gasteiger partial charge is 0.493 e. The Morgan fingerprint density at radius 3 is 2.29 bits per heavy atom. The van der Waals surface area contributed by atoms with Crippen molar-refractivity contribution >= 4 is 57.6 Å². The van der Waals surface area contributed by atoms with Gasteiger partial charge in [-0.15, -0.1) is 0 Å². The van der Waals surface area contributed by atoms with Crippen LogP contribution in [0.25, 0.3) is 6.08 Å². The van der Waals surface area contributed by atoms with Gasteiger partial charge in [0.25, 0.3) is 11.6 Å². The van der Waals surface area contributed by atoms with Crippen LogP contribution in [0.2, 0.25) is 0 Å². The molecule has 0 N–H and O–H groups in total. The van der Waals surface area contributed by atoms with Crippen molar-refractivity contribution in [2.24, 2.45) is 23.2 Å². The van der Waals surface area contributed by atoms with Gasteiger partial charge in [-0.05, 0) is 92.2 Å². The molecule has 1 amide bonds. The van der Waals surface area contributed by atoms with Gasteiger partial charge in [0.1, 0.15) is 0 Å². The molecule has 0 atom stereocenters. The van der Waals surface area contributed by atoms with Crippen molar-refractivity contribution in [2.75, 3.05) is 12.0 Å². The number of esters is 1. The van der Waals surface area contributed by atoms with Crippen molar-refractivity contribution in [1.82, 2.24) is 0 Å². The molecule has 0 radical (unpaired) electrons. The number of hydrogen-bond acceptors (Lipinski definition) is 8. The van der Waals surface area contributed by atoms with Crippen LogP contribution in [0.1, 0.15) is 44.1 Å². The molecule has 4 bridgehead atoms. The fraction of sp³-hybridized carbons (Fsp3) is 0.393. The molecule has 1 heterocycles. The van der Waals surface area contributed by atoms with E-state index in [-0.39, 0.29) is 23.0 Å². The maximum Gasteiger partial charge on any atom is 0.317 e. The molecule has 1 aliphatic heterocycles. The molecule has 8 nitrogen and oxygen atoms in total. The molecule has 5 aliphatic rings. The minimum atomic E-state index is -0.495. The third kappa shape index (κ3) is 4.39. The van der Waals surface area contributed by atoms with E-state index < -0.39 is 4.92 Å². The number of thioether (sulfide) groups is 1. The van der Waals surface area contributed by atoms with Crippen LogP contribution in [0.3, 0.4) is 0 Å². The Kier molecular flexibility index (Phi) is 6.26. The van der Waals surface area contributed by atoms with Gasteiger partial charge in [0.2, 0.25) is 0 Å². The molecule has 38 heavy (non-hydrogen) atoms. The van der Waals surface area contributed by atoms with E-state index in [4.69, 9.17) is 21.7 Å². The SMILES string of the molecule is COc1cc(C=C2SC(=S)N(c3ccc([N+](=O)[O-])cc3)C2=O)ccc1OC(=O)C12CC3CC(CC(C3)C1)C2. The maximum absolute atomic E-state index is 13.4. The Hall–Kier alpha value is -3.24. The van der Waals surface area contributed by atoms with E-state index in [1.807, 2.05) is 0 Å². The lowest BCUT2D eigenvalue weighted by atomic mass is 9.49. The number of benzene rings is 2. The summed E-state index contributed by atoms with van der Waals surface area (Å²) < 4.78 is 11.8. The predicted molar refractivity (Wildman–Crippen MR) is 148 cm³/mol. The fourth-order valence-corrected chi connectivity index (χ4v) is 8.29. The van der Waals surface area contributed by atoms with Gasteiger partial charge in [-0.2, -0.15) is 0 Å². The number of ether oxygens (including phenoxy) is 2. The second-order valence-electron chi connectivity index (χ2n) is 10.8. The number of rotatable bonds is 6. The standard InChI is InChI=1S/C28H26N2O6S2/c1-35-23-11-16(12-24-25(31)29(27(37)38-24)20-3-5-21(6-4-20)30(33)34)2-7-22(23)36-26(32)28-13-17-8-18(14-28)10-19(9-17)15-28/h2-7,11-12,17-19H,8-10,13-15H2,1H3. The average Bonchev–Trinajstić information content (AvgIpc) is 3.16. The summed E-state index contributed by atoms with van der Waals surface area (Å²) in [6.07, 6.45) is 8.24.